The summed E-state index contributed by atoms with van der Waals surface area (Å²) in [5, 5.41) is 0.539. The molecule has 1 aromatic carbocycles. The highest BCUT2D eigenvalue weighted by atomic mass is 79.9. The fraction of sp³-hybridized carbons (Fsp3) is 0.167. The number of hydrogen-bond acceptors (Lipinski definition) is 1. The van der Waals surface area contributed by atoms with Gasteiger partial charge in [-0.1, -0.05) is 43.5 Å². The van der Waals surface area contributed by atoms with Gasteiger partial charge < -0.3 is 0 Å². The van der Waals surface area contributed by atoms with Crippen LogP contribution < -0.4 is 0 Å². The quantitative estimate of drug-likeness (QED) is 0.367. The lowest BCUT2D eigenvalue weighted by Crippen LogP contribution is -2.06. The summed E-state index contributed by atoms with van der Waals surface area (Å²) in [4.78, 5) is 0.454. The Hall–Kier alpha value is 0.440. The number of thiophene rings is 1. The van der Waals surface area contributed by atoms with Crippen molar-refractivity contribution in [2.24, 2.45) is 0 Å². The Kier molecular flexibility index (Phi) is 5.28. The Bertz CT molecular complexity index is 620. The summed E-state index contributed by atoms with van der Waals surface area (Å²) in [7, 11) is 0. The van der Waals surface area contributed by atoms with Crippen LogP contribution in [0.15, 0.2) is 32.5 Å². The smallest absolute Gasteiger partial charge is 0.166 e. The van der Waals surface area contributed by atoms with E-state index in [1.165, 1.54) is 17.4 Å². The van der Waals surface area contributed by atoms with E-state index in [-0.39, 0.29) is 4.83 Å². The van der Waals surface area contributed by atoms with Crippen LogP contribution in [-0.2, 0) is 6.18 Å². The zero-order valence-electron chi connectivity index (χ0n) is 9.44. The Morgan fingerprint density at radius 3 is 2.30 bits per heavy atom. The first-order valence-electron chi connectivity index (χ1n) is 5.15. The van der Waals surface area contributed by atoms with Gasteiger partial charge in [0.25, 0.3) is 0 Å². The van der Waals surface area contributed by atoms with Gasteiger partial charge in [0, 0.05) is 9.35 Å². The van der Waals surface area contributed by atoms with Gasteiger partial charge in [0.05, 0.1) is 19.2 Å². The summed E-state index contributed by atoms with van der Waals surface area (Å²) < 4.78 is 39.7. The van der Waals surface area contributed by atoms with E-state index in [1.807, 2.05) is 0 Å². The van der Waals surface area contributed by atoms with Gasteiger partial charge in [-0.05, 0) is 45.8 Å². The number of halogens is 7. The molecular formula is C12H5Br3ClF3S. The highest BCUT2D eigenvalue weighted by Crippen LogP contribution is 2.44. The average molecular weight is 513 g/mol. The second kappa shape index (κ2) is 6.28. The number of rotatable bonds is 2. The summed E-state index contributed by atoms with van der Waals surface area (Å²) >= 11 is 17.3. The molecule has 20 heavy (non-hydrogen) atoms. The highest BCUT2D eigenvalue weighted by Gasteiger charge is 2.31. The lowest BCUT2D eigenvalue weighted by Gasteiger charge is -2.14. The molecule has 108 valence electrons. The first kappa shape index (κ1) is 16.8. The lowest BCUT2D eigenvalue weighted by molar-refractivity contribution is -0.137. The maximum Gasteiger partial charge on any atom is 0.416 e. The molecule has 2 aromatic rings. The fourth-order valence-electron chi connectivity index (χ4n) is 1.56. The zero-order valence-corrected chi connectivity index (χ0v) is 15.8. The molecule has 0 bridgehead atoms. The van der Waals surface area contributed by atoms with Gasteiger partial charge in [0.1, 0.15) is 0 Å². The van der Waals surface area contributed by atoms with Crippen molar-refractivity contribution in [3.8, 4) is 0 Å². The molecule has 0 amide bonds. The normalized spacial score (nSPS) is 13.6. The maximum absolute atomic E-state index is 12.8. The van der Waals surface area contributed by atoms with Crippen molar-refractivity contribution in [3.63, 3.8) is 0 Å². The predicted molar refractivity (Wildman–Crippen MR) is 86.9 cm³/mol. The molecule has 0 N–H and O–H groups in total. The molecule has 0 saturated carbocycles. The van der Waals surface area contributed by atoms with Crippen LogP contribution >= 0.6 is 70.7 Å². The van der Waals surface area contributed by atoms with Crippen LogP contribution in [0, 0.1) is 0 Å². The van der Waals surface area contributed by atoms with Gasteiger partial charge in [-0.25, -0.2) is 0 Å². The minimum atomic E-state index is -4.37. The van der Waals surface area contributed by atoms with Crippen LogP contribution in [0.3, 0.4) is 0 Å². The van der Waals surface area contributed by atoms with E-state index in [1.54, 1.807) is 6.07 Å². The van der Waals surface area contributed by atoms with Crippen LogP contribution in [-0.4, -0.2) is 0 Å². The van der Waals surface area contributed by atoms with E-state index in [4.69, 9.17) is 11.6 Å². The molecule has 2 rings (SSSR count). The highest BCUT2D eigenvalue weighted by molar-refractivity contribution is 9.11. The Morgan fingerprint density at radius 2 is 1.80 bits per heavy atom. The van der Waals surface area contributed by atoms with Crippen molar-refractivity contribution in [1.29, 1.82) is 0 Å². The Labute approximate surface area is 147 Å². The average Bonchev–Trinajstić information content (AvgIpc) is 2.68. The summed E-state index contributed by atoms with van der Waals surface area (Å²) in [6.07, 6.45) is -4.37. The van der Waals surface area contributed by atoms with Gasteiger partial charge in [-0.15, -0.1) is 11.3 Å². The molecule has 1 atom stereocenters. The number of benzene rings is 1. The third-order valence-electron chi connectivity index (χ3n) is 2.51. The van der Waals surface area contributed by atoms with Crippen molar-refractivity contribution >= 4 is 70.7 Å². The van der Waals surface area contributed by atoms with Crippen LogP contribution in [0.25, 0.3) is 0 Å². The summed E-state index contributed by atoms with van der Waals surface area (Å²) in [6, 6.07) is 5.30. The molecule has 1 heterocycles. The van der Waals surface area contributed by atoms with E-state index in [2.05, 4.69) is 47.8 Å². The molecular weight excluding hydrogens is 508 g/mol. The predicted octanol–water partition coefficient (Wildman–Crippen LogP) is 7.43. The zero-order chi connectivity index (χ0) is 15.1. The van der Waals surface area contributed by atoms with Crippen molar-refractivity contribution in [2.75, 3.05) is 0 Å². The van der Waals surface area contributed by atoms with Crippen molar-refractivity contribution in [2.45, 2.75) is 11.0 Å². The van der Waals surface area contributed by atoms with E-state index in [0.29, 0.717) is 15.1 Å². The van der Waals surface area contributed by atoms with Crippen LogP contribution in [0.1, 0.15) is 20.8 Å². The summed E-state index contributed by atoms with van der Waals surface area (Å²) in [6.45, 7) is 0. The van der Waals surface area contributed by atoms with Gasteiger partial charge in [0.15, 0.2) is 0 Å². The first-order valence-corrected chi connectivity index (χ1v) is 8.85. The van der Waals surface area contributed by atoms with Gasteiger partial charge >= 0.3 is 6.18 Å². The monoisotopic (exact) mass is 510 g/mol. The minimum Gasteiger partial charge on any atom is -0.166 e. The molecule has 0 aliphatic carbocycles. The van der Waals surface area contributed by atoms with Crippen molar-refractivity contribution in [3.05, 3.63) is 53.6 Å². The SMILES string of the molecule is FC(F)(F)c1ccc(Br)c(C(Br)c2cc(Cl)c(Br)s2)c1. The molecule has 0 nitrogen and oxygen atoms in total. The molecule has 0 fully saturated rings. The number of alkyl halides is 4. The standard InChI is InChI=1S/C12H5Br3ClF3S/c13-7-2-1-5(12(17,18)19)3-6(7)10(14)9-4-8(16)11(15)20-9/h1-4,10H. The van der Waals surface area contributed by atoms with Crippen molar-refractivity contribution in [1.82, 2.24) is 0 Å². The third-order valence-corrected chi connectivity index (χ3v) is 7.06. The van der Waals surface area contributed by atoms with E-state index in [9.17, 15) is 13.2 Å². The number of hydrogen-bond donors (Lipinski definition) is 0. The second-order valence-corrected chi connectivity index (χ2v) is 8.45. The molecule has 0 radical (unpaired) electrons. The third kappa shape index (κ3) is 3.61. The van der Waals surface area contributed by atoms with Crippen LogP contribution in [0.4, 0.5) is 13.2 Å². The Balaban J connectivity index is 2.46. The molecule has 0 aliphatic rings. The topological polar surface area (TPSA) is 0 Å². The molecule has 1 aromatic heterocycles. The molecule has 0 aliphatic heterocycles. The van der Waals surface area contributed by atoms with Gasteiger partial charge in [-0.3, -0.25) is 0 Å². The molecule has 0 spiro atoms. The van der Waals surface area contributed by atoms with E-state index < -0.39 is 11.7 Å². The lowest BCUT2D eigenvalue weighted by atomic mass is 10.1. The Morgan fingerprint density at radius 1 is 1.15 bits per heavy atom. The second-order valence-electron chi connectivity index (χ2n) is 3.87. The van der Waals surface area contributed by atoms with Gasteiger partial charge in [-0.2, -0.15) is 13.2 Å². The van der Waals surface area contributed by atoms with E-state index >= 15 is 0 Å². The molecule has 8 heteroatoms. The van der Waals surface area contributed by atoms with Gasteiger partial charge in [0.2, 0.25) is 0 Å². The van der Waals surface area contributed by atoms with Crippen LogP contribution in [0.2, 0.25) is 5.02 Å². The minimum absolute atomic E-state index is 0.368. The maximum atomic E-state index is 12.8. The van der Waals surface area contributed by atoms with Crippen LogP contribution in [0.5, 0.6) is 0 Å². The fourth-order valence-corrected chi connectivity index (χ4v) is 4.87. The molecule has 1 unspecified atom stereocenters. The molecule has 0 saturated heterocycles. The summed E-state index contributed by atoms with van der Waals surface area (Å²) in [5.41, 5.74) is -0.174. The first-order chi connectivity index (χ1) is 9.20. The largest absolute Gasteiger partial charge is 0.416 e. The van der Waals surface area contributed by atoms with Crippen molar-refractivity contribution < 1.29 is 13.2 Å². The summed E-state index contributed by atoms with van der Waals surface area (Å²) in [5.74, 6) is 0. The van der Waals surface area contributed by atoms with E-state index in [0.717, 1.165) is 20.8 Å².